The van der Waals surface area contributed by atoms with Crippen LogP contribution in [0, 0.1) is 6.92 Å². The van der Waals surface area contributed by atoms with Gasteiger partial charge in [-0.25, -0.2) is 0 Å². The van der Waals surface area contributed by atoms with Gasteiger partial charge in [0.15, 0.2) is 0 Å². The van der Waals surface area contributed by atoms with E-state index in [9.17, 15) is 4.79 Å². The van der Waals surface area contributed by atoms with Gasteiger partial charge in [0.05, 0.1) is 6.04 Å². The maximum atomic E-state index is 11.6. The number of anilines is 1. The summed E-state index contributed by atoms with van der Waals surface area (Å²) in [6.07, 6.45) is 0. The van der Waals surface area contributed by atoms with Gasteiger partial charge in [-0.15, -0.1) is 0 Å². The minimum atomic E-state index is -0.505. The molecule has 2 N–H and O–H groups in total. The minimum absolute atomic E-state index is 0.130. The summed E-state index contributed by atoms with van der Waals surface area (Å²) in [4.78, 5) is 13.1. The second-order valence-corrected chi connectivity index (χ2v) is 4.03. The molecule has 0 aliphatic heterocycles. The Balaban J connectivity index is 2.97. The number of aryl methyl sites for hydroxylation is 1. The third-order valence-electron chi connectivity index (χ3n) is 2.26. The molecule has 0 spiro atoms. The molecule has 0 saturated heterocycles. The number of nitrogens with two attached hydrogens (primary N) is 1. The quantitative estimate of drug-likeness (QED) is 0.838. The van der Waals surface area contributed by atoms with Crippen molar-refractivity contribution >= 4 is 23.2 Å². The zero-order chi connectivity index (χ0) is 11.6. The first kappa shape index (κ1) is 12.0. The molecular formula is C11H15ClN2O. The lowest BCUT2D eigenvalue weighted by Gasteiger charge is -2.19. The van der Waals surface area contributed by atoms with Crippen molar-refractivity contribution in [1.82, 2.24) is 0 Å². The van der Waals surface area contributed by atoms with Crippen molar-refractivity contribution in [2.75, 3.05) is 11.9 Å². The molecule has 0 aliphatic rings. The van der Waals surface area contributed by atoms with E-state index >= 15 is 0 Å². The number of likely N-dealkylation sites (N-methyl/N-ethyl adjacent to an activating group) is 1. The Morgan fingerprint density at radius 2 is 2.13 bits per heavy atom. The maximum absolute atomic E-state index is 11.6. The van der Waals surface area contributed by atoms with Gasteiger partial charge in [0.25, 0.3) is 0 Å². The van der Waals surface area contributed by atoms with Crippen LogP contribution in [0.3, 0.4) is 0 Å². The summed E-state index contributed by atoms with van der Waals surface area (Å²) in [5.74, 6) is -0.130. The maximum Gasteiger partial charge on any atom is 0.243 e. The molecule has 0 saturated carbocycles. The molecule has 0 aromatic heterocycles. The van der Waals surface area contributed by atoms with E-state index in [0.717, 1.165) is 11.3 Å². The second kappa shape index (κ2) is 4.64. The van der Waals surface area contributed by atoms with Crippen molar-refractivity contribution in [3.63, 3.8) is 0 Å². The van der Waals surface area contributed by atoms with Gasteiger partial charge < -0.3 is 10.6 Å². The number of amides is 1. The third-order valence-corrected chi connectivity index (χ3v) is 2.67. The van der Waals surface area contributed by atoms with Gasteiger partial charge in [0.1, 0.15) is 0 Å². The lowest BCUT2D eigenvalue weighted by atomic mass is 10.2. The predicted molar refractivity (Wildman–Crippen MR) is 63.2 cm³/mol. The van der Waals surface area contributed by atoms with Gasteiger partial charge in [0.2, 0.25) is 5.91 Å². The molecule has 0 fully saturated rings. The molecule has 1 aromatic carbocycles. The van der Waals surface area contributed by atoms with Crippen molar-refractivity contribution < 1.29 is 4.79 Å². The Bertz CT molecular complexity index is 377. The average Bonchev–Trinajstić information content (AvgIpc) is 2.19. The first-order valence-electron chi connectivity index (χ1n) is 4.72. The molecule has 3 nitrogen and oxygen atoms in total. The highest BCUT2D eigenvalue weighted by Gasteiger charge is 2.15. The van der Waals surface area contributed by atoms with Gasteiger partial charge in [0, 0.05) is 17.8 Å². The number of benzene rings is 1. The molecule has 1 rings (SSSR count). The molecule has 1 atom stereocenters. The van der Waals surface area contributed by atoms with E-state index in [2.05, 4.69) is 0 Å². The third kappa shape index (κ3) is 2.70. The SMILES string of the molecule is Cc1ccc(N(C)C(=O)[C@@H](C)N)cc1Cl. The van der Waals surface area contributed by atoms with E-state index in [1.165, 1.54) is 4.90 Å². The van der Waals surface area contributed by atoms with Crippen LogP contribution in [0.1, 0.15) is 12.5 Å². The highest BCUT2D eigenvalue weighted by molar-refractivity contribution is 6.31. The minimum Gasteiger partial charge on any atom is -0.320 e. The van der Waals surface area contributed by atoms with Crippen LogP contribution in [0.2, 0.25) is 5.02 Å². The number of nitrogens with zero attached hydrogens (tertiary/aromatic N) is 1. The lowest BCUT2D eigenvalue weighted by molar-refractivity contribution is -0.119. The fourth-order valence-electron chi connectivity index (χ4n) is 1.22. The fraction of sp³-hybridized carbons (Fsp3) is 0.364. The first-order valence-corrected chi connectivity index (χ1v) is 5.10. The molecule has 0 unspecified atom stereocenters. The highest BCUT2D eigenvalue weighted by Crippen LogP contribution is 2.22. The molecule has 0 aliphatic carbocycles. The van der Waals surface area contributed by atoms with Crippen LogP contribution < -0.4 is 10.6 Å². The van der Waals surface area contributed by atoms with Gasteiger partial charge >= 0.3 is 0 Å². The number of hydrogen-bond donors (Lipinski definition) is 1. The highest BCUT2D eigenvalue weighted by atomic mass is 35.5. The van der Waals surface area contributed by atoms with Crippen LogP contribution >= 0.6 is 11.6 Å². The van der Waals surface area contributed by atoms with Crippen molar-refractivity contribution in [2.24, 2.45) is 5.73 Å². The molecule has 4 heteroatoms. The lowest BCUT2D eigenvalue weighted by Crippen LogP contribution is -2.39. The number of carbonyl (C=O) groups excluding carboxylic acids is 1. The van der Waals surface area contributed by atoms with Crippen molar-refractivity contribution in [3.05, 3.63) is 28.8 Å². The molecule has 0 radical (unpaired) electrons. The van der Waals surface area contributed by atoms with Gasteiger partial charge in [-0.3, -0.25) is 4.79 Å². The topological polar surface area (TPSA) is 46.3 Å². The zero-order valence-corrected chi connectivity index (χ0v) is 9.88. The molecule has 15 heavy (non-hydrogen) atoms. The summed E-state index contributed by atoms with van der Waals surface area (Å²) in [5, 5.41) is 0.650. The van der Waals surface area contributed by atoms with Crippen LogP contribution in [0.5, 0.6) is 0 Å². The molecule has 0 bridgehead atoms. The summed E-state index contributed by atoms with van der Waals surface area (Å²) >= 11 is 5.97. The van der Waals surface area contributed by atoms with E-state index in [1.54, 1.807) is 20.0 Å². The largest absolute Gasteiger partial charge is 0.320 e. The monoisotopic (exact) mass is 226 g/mol. The second-order valence-electron chi connectivity index (χ2n) is 3.62. The number of carbonyl (C=O) groups is 1. The van der Waals surface area contributed by atoms with Gasteiger partial charge in [-0.05, 0) is 31.5 Å². The molecule has 82 valence electrons. The van der Waals surface area contributed by atoms with Crippen molar-refractivity contribution in [1.29, 1.82) is 0 Å². The van der Waals surface area contributed by atoms with E-state index < -0.39 is 6.04 Å². The smallest absolute Gasteiger partial charge is 0.243 e. The summed E-state index contributed by atoms with van der Waals surface area (Å²) in [6.45, 7) is 3.58. The van der Waals surface area contributed by atoms with E-state index in [4.69, 9.17) is 17.3 Å². The number of rotatable bonds is 2. The van der Waals surface area contributed by atoms with Gasteiger partial charge in [-0.1, -0.05) is 17.7 Å². The Hall–Kier alpha value is -1.06. The van der Waals surface area contributed by atoms with Crippen LogP contribution in [-0.2, 0) is 4.79 Å². The van der Waals surface area contributed by atoms with Crippen LogP contribution in [0.25, 0.3) is 0 Å². The van der Waals surface area contributed by atoms with E-state index in [1.807, 2.05) is 19.1 Å². The van der Waals surface area contributed by atoms with Crippen LogP contribution in [-0.4, -0.2) is 19.0 Å². The van der Waals surface area contributed by atoms with Crippen LogP contribution in [0.4, 0.5) is 5.69 Å². The van der Waals surface area contributed by atoms with Crippen molar-refractivity contribution in [2.45, 2.75) is 19.9 Å². The zero-order valence-electron chi connectivity index (χ0n) is 9.12. The van der Waals surface area contributed by atoms with Crippen LogP contribution in [0.15, 0.2) is 18.2 Å². The van der Waals surface area contributed by atoms with Gasteiger partial charge in [-0.2, -0.15) is 0 Å². The predicted octanol–water partition coefficient (Wildman–Crippen LogP) is 1.96. The molecular weight excluding hydrogens is 212 g/mol. The Kier molecular flexibility index (Phi) is 3.72. The first-order chi connectivity index (χ1) is 6.93. The summed E-state index contributed by atoms with van der Waals surface area (Å²) in [6, 6.07) is 4.98. The number of hydrogen-bond acceptors (Lipinski definition) is 2. The Morgan fingerprint density at radius 1 is 1.53 bits per heavy atom. The summed E-state index contributed by atoms with van der Waals surface area (Å²) in [7, 11) is 1.69. The summed E-state index contributed by atoms with van der Waals surface area (Å²) in [5.41, 5.74) is 7.26. The summed E-state index contributed by atoms with van der Waals surface area (Å²) < 4.78 is 0. The Morgan fingerprint density at radius 3 is 2.60 bits per heavy atom. The van der Waals surface area contributed by atoms with Crippen molar-refractivity contribution in [3.8, 4) is 0 Å². The van der Waals surface area contributed by atoms with E-state index in [0.29, 0.717) is 5.02 Å². The number of halogens is 1. The fourth-order valence-corrected chi connectivity index (χ4v) is 1.40. The Labute approximate surface area is 94.8 Å². The molecule has 0 heterocycles. The van der Waals surface area contributed by atoms with E-state index in [-0.39, 0.29) is 5.91 Å². The normalized spacial score (nSPS) is 12.3. The molecule has 1 aromatic rings. The standard InChI is InChI=1S/C11H15ClN2O/c1-7-4-5-9(6-10(7)12)14(3)11(15)8(2)13/h4-6,8H,13H2,1-3H3/t8-/m1/s1. The molecule has 1 amide bonds. The average molecular weight is 227 g/mol.